The summed E-state index contributed by atoms with van der Waals surface area (Å²) in [6.07, 6.45) is 3.77. The average molecular weight is 465 g/mol. The van der Waals surface area contributed by atoms with Gasteiger partial charge in [-0.25, -0.2) is 4.79 Å². The number of hydrogen-bond acceptors (Lipinski definition) is 4. The van der Waals surface area contributed by atoms with E-state index in [1.54, 1.807) is 11.8 Å². The van der Waals surface area contributed by atoms with E-state index in [1.165, 1.54) is 4.90 Å². The molecule has 7 nitrogen and oxygen atoms in total. The molecule has 2 aliphatic heterocycles. The molecular formula is C27H32N2O5. The maximum Gasteiger partial charge on any atom is 0.326 e. The zero-order valence-electron chi connectivity index (χ0n) is 19.6. The number of benzene rings is 2. The molecule has 0 spiro atoms. The molecule has 0 aromatic heterocycles. The van der Waals surface area contributed by atoms with E-state index in [4.69, 9.17) is 5.11 Å². The Kier molecular flexibility index (Phi) is 8.96. The lowest BCUT2D eigenvalue weighted by atomic mass is 10.1. The van der Waals surface area contributed by atoms with Crippen LogP contribution in [0.4, 0.5) is 0 Å². The fraction of sp³-hybridized carbons (Fsp3) is 0.407. The van der Waals surface area contributed by atoms with Crippen molar-refractivity contribution in [3.8, 4) is 0 Å². The maximum atomic E-state index is 12.1. The summed E-state index contributed by atoms with van der Waals surface area (Å²) >= 11 is 0. The van der Waals surface area contributed by atoms with Gasteiger partial charge in [0.25, 0.3) is 0 Å². The van der Waals surface area contributed by atoms with Gasteiger partial charge in [0.05, 0.1) is 18.9 Å². The first-order chi connectivity index (χ1) is 16.4. The lowest BCUT2D eigenvalue weighted by Gasteiger charge is -2.22. The molecule has 180 valence electrons. The zero-order valence-corrected chi connectivity index (χ0v) is 19.6. The smallest absolute Gasteiger partial charge is 0.326 e. The predicted octanol–water partition coefficient (Wildman–Crippen LogP) is 3.11. The second-order valence-corrected chi connectivity index (χ2v) is 8.76. The largest absolute Gasteiger partial charge is 0.480 e. The van der Waals surface area contributed by atoms with Gasteiger partial charge in [-0.3, -0.25) is 14.4 Å². The van der Waals surface area contributed by atoms with Crippen molar-refractivity contribution < 1.29 is 24.3 Å². The summed E-state index contributed by atoms with van der Waals surface area (Å²) < 4.78 is 0. The number of carbonyl (C=O) groups excluding carboxylic acids is 3. The topological polar surface area (TPSA) is 95.0 Å². The van der Waals surface area contributed by atoms with Crippen LogP contribution in [0.25, 0.3) is 0 Å². The zero-order chi connectivity index (χ0) is 24.5. The molecule has 4 rings (SSSR count). The van der Waals surface area contributed by atoms with Gasteiger partial charge >= 0.3 is 5.97 Å². The number of Topliss-reactive ketones (excluding diaryl/α,β-unsaturated/α-hetero) is 1. The number of carboxylic acids is 1. The first-order valence-electron chi connectivity index (χ1n) is 11.8. The molecule has 2 amide bonds. The summed E-state index contributed by atoms with van der Waals surface area (Å²) in [5.41, 5.74) is 1.93. The Hall–Kier alpha value is -3.48. The van der Waals surface area contributed by atoms with Crippen LogP contribution in [0.15, 0.2) is 60.7 Å². The van der Waals surface area contributed by atoms with Crippen LogP contribution >= 0.6 is 0 Å². The highest BCUT2D eigenvalue weighted by Gasteiger charge is 2.33. The van der Waals surface area contributed by atoms with Gasteiger partial charge < -0.3 is 14.9 Å². The van der Waals surface area contributed by atoms with Crippen LogP contribution in [0.1, 0.15) is 43.7 Å². The van der Waals surface area contributed by atoms with Crippen molar-refractivity contribution in [3.63, 3.8) is 0 Å². The normalized spacial score (nSPS) is 19.3. The highest BCUT2D eigenvalue weighted by atomic mass is 16.4. The quantitative estimate of drug-likeness (QED) is 0.709. The number of rotatable bonds is 6. The molecule has 2 atom stereocenters. The molecule has 0 bridgehead atoms. The molecule has 7 heteroatoms. The van der Waals surface area contributed by atoms with E-state index in [9.17, 15) is 19.2 Å². The number of likely N-dealkylation sites (tertiary alicyclic amines) is 2. The van der Waals surface area contributed by atoms with Gasteiger partial charge in [0.2, 0.25) is 11.8 Å². The summed E-state index contributed by atoms with van der Waals surface area (Å²) in [5, 5.41) is 9.00. The van der Waals surface area contributed by atoms with Crippen LogP contribution in [0, 0.1) is 0 Å². The fourth-order valence-electron chi connectivity index (χ4n) is 4.55. The van der Waals surface area contributed by atoms with Crippen molar-refractivity contribution in [1.29, 1.82) is 0 Å². The van der Waals surface area contributed by atoms with Crippen molar-refractivity contribution in [3.05, 3.63) is 71.8 Å². The molecule has 2 saturated heterocycles. The van der Waals surface area contributed by atoms with E-state index in [1.807, 2.05) is 60.7 Å². The summed E-state index contributed by atoms with van der Waals surface area (Å²) in [4.78, 5) is 49.7. The number of amides is 2. The van der Waals surface area contributed by atoms with Crippen LogP contribution in [0.3, 0.4) is 0 Å². The highest BCUT2D eigenvalue weighted by Crippen LogP contribution is 2.20. The summed E-state index contributed by atoms with van der Waals surface area (Å²) in [5.74, 6) is -0.831. The first kappa shape index (κ1) is 25.1. The number of ketones is 1. The van der Waals surface area contributed by atoms with E-state index >= 15 is 0 Å². The Morgan fingerprint density at radius 1 is 0.735 bits per heavy atom. The summed E-state index contributed by atoms with van der Waals surface area (Å²) in [7, 11) is 0. The number of aliphatic carboxylic acids is 1. The Bertz CT molecular complexity index is 911. The van der Waals surface area contributed by atoms with Crippen molar-refractivity contribution >= 4 is 23.6 Å². The molecule has 2 fully saturated rings. The van der Waals surface area contributed by atoms with Crippen LogP contribution < -0.4 is 0 Å². The molecule has 0 unspecified atom stereocenters. The molecule has 2 aromatic carbocycles. The van der Waals surface area contributed by atoms with Gasteiger partial charge in [-0.2, -0.15) is 0 Å². The van der Waals surface area contributed by atoms with Gasteiger partial charge in [0.15, 0.2) is 5.78 Å². The Labute approximate surface area is 200 Å². The molecular weight excluding hydrogens is 432 g/mol. The number of carboxylic acid groups (broad SMARTS) is 1. The van der Waals surface area contributed by atoms with E-state index in [0.29, 0.717) is 19.4 Å². The van der Waals surface area contributed by atoms with Crippen molar-refractivity contribution in [2.24, 2.45) is 0 Å². The molecule has 2 aliphatic rings. The standard InChI is InChI=1S/C14H17NO2.C13H15NO3/c1-11(16)13-8-5-9-15(13)14(17)10-12-6-3-2-4-7-12;15-12(9-10-5-2-1-3-6-10)14-8-4-7-11(14)13(16)17/h2-4,6-7,13H,5,8-10H2,1H3;1-3,5-6,11H,4,7-9H2,(H,16,17)/t13-;11-/m00/s1. The summed E-state index contributed by atoms with van der Waals surface area (Å²) in [6, 6.07) is 18.2. The van der Waals surface area contributed by atoms with Gasteiger partial charge in [0.1, 0.15) is 6.04 Å². The third-order valence-electron chi connectivity index (χ3n) is 6.30. The van der Waals surface area contributed by atoms with Crippen molar-refractivity contribution in [1.82, 2.24) is 9.80 Å². The second kappa shape index (κ2) is 12.1. The first-order valence-corrected chi connectivity index (χ1v) is 11.8. The lowest BCUT2D eigenvalue weighted by molar-refractivity contribution is -0.148. The molecule has 0 saturated carbocycles. The van der Waals surface area contributed by atoms with E-state index in [-0.39, 0.29) is 30.1 Å². The van der Waals surface area contributed by atoms with Crippen LogP contribution in [-0.4, -0.2) is 63.6 Å². The van der Waals surface area contributed by atoms with Crippen LogP contribution in [0.5, 0.6) is 0 Å². The third kappa shape index (κ3) is 6.76. The molecule has 2 heterocycles. The molecule has 1 N–H and O–H groups in total. The third-order valence-corrected chi connectivity index (χ3v) is 6.30. The van der Waals surface area contributed by atoms with E-state index in [2.05, 4.69) is 0 Å². The predicted molar refractivity (Wildman–Crippen MR) is 128 cm³/mol. The number of carbonyl (C=O) groups is 4. The molecule has 2 aromatic rings. The van der Waals surface area contributed by atoms with Gasteiger partial charge in [-0.1, -0.05) is 60.7 Å². The minimum atomic E-state index is -0.899. The fourth-order valence-corrected chi connectivity index (χ4v) is 4.55. The minimum Gasteiger partial charge on any atom is -0.480 e. The van der Waals surface area contributed by atoms with Gasteiger partial charge in [0, 0.05) is 13.1 Å². The van der Waals surface area contributed by atoms with Crippen molar-refractivity contribution in [2.75, 3.05) is 13.1 Å². The molecule has 0 radical (unpaired) electrons. The van der Waals surface area contributed by atoms with E-state index < -0.39 is 12.0 Å². The minimum absolute atomic E-state index is 0.0638. The molecule has 0 aliphatic carbocycles. The Morgan fingerprint density at radius 2 is 1.15 bits per heavy atom. The van der Waals surface area contributed by atoms with Crippen LogP contribution in [-0.2, 0) is 32.0 Å². The van der Waals surface area contributed by atoms with Crippen LogP contribution in [0.2, 0.25) is 0 Å². The Morgan fingerprint density at radius 3 is 1.56 bits per heavy atom. The SMILES string of the molecule is CC(=O)[C@@H]1CCCN1C(=O)Cc1ccccc1.O=C(O)[C@@H]1CCCN1C(=O)Cc1ccccc1. The van der Waals surface area contributed by atoms with E-state index in [0.717, 1.165) is 36.9 Å². The highest BCUT2D eigenvalue weighted by molar-refractivity contribution is 5.89. The van der Waals surface area contributed by atoms with Crippen molar-refractivity contribution in [2.45, 2.75) is 57.5 Å². The summed E-state index contributed by atoms with van der Waals surface area (Å²) in [6.45, 7) is 2.84. The maximum absolute atomic E-state index is 12.1. The molecule has 34 heavy (non-hydrogen) atoms. The number of nitrogens with zero attached hydrogens (tertiary/aromatic N) is 2. The number of hydrogen-bond donors (Lipinski definition) is 1. The Balaban J connectivity index is 0.000000191. The monoisotopic (exact) mass is 464 g/mol. The van der Waals surface area contributed by atoms with Gasteiger partial charge in [-0.05, 0) is 43.7 Å². The second-order valence-electron chi connectivity index (χ2n) is 8.76. The lowest BCUT2D eigenvalue weighted by Crippen LogP contribution is -2.41. The van der Waals surface area contributed by atoms with Gasteiger partial charge in [-0.15, -0.1) is 0 Å². The average Bonchev–Trinajstić information content (AvgIpc) is 3.51.